The second-order valence-electron chi connectivity index (χ2n) is 6.17. The van der Waals surface area contributed by atoms with E-state index < -0.39 is 0 Å². The van der Waals surface area contributed by atoms with Gasteiger partial charge in [-0.05, 0) is 35.4 Å². The van der Waals surface area contributed by atoms with Crippen molar-refractivity contribution in [3.63, 3.8) is 0 Å². The molecule has 1 fully saturated rings. The molecule has 1 aliphatic rings. The largest absolute Gasteiger partial charge is 0.351 e. The molecule has 1 amide bonds. The summed E-state index contributed by atoms with van der Waals surface area (Å²) in [4.78, 5) is 12.4. The number of amides is 1. The lowest BCUT2D eigenvalue weighted by atomic mass is 10.1. The SMILES string of the molecule is O=C(NCCNC1CCCCCC1)c1ccccc1-n1cnnn1. The van der Waals surface area contributed by atoms with Crippen LogP contribution in [0.4, 0.5) is 0 Å². The molecule has 0 unspecified atom stereocenters. The molecule has 2 aromatic rings. The van der Waals surface area contributed by atoms with Gasteiger partial charge in [-0.15, -0.1) is 5.10 Å². The molecule has 0 bridgehead atoms. The number of hydrogen-bond donors (Lipinski definition) is 2. The Bertz CT molecular complexity index is 634. The molecule has 2 N–H and O–H groups in total. The number of carbonyl (C=O) groups excluding carboxylic acids is 1. The summed E-state index contributed by atoms with van der Waals surface area (Å²) in [7, 11) is 0. The lowest BCUT2D eigenvalue weighted by Gasteiger charge is -2.16. The van der Waals surface area contributed by atoms with Crippen LogP contribution in [0.5, 0.6) is 0 Å². The Balaban J connectivity index is 1.50. The zero-order valence-corrected chi connectivity index (χ0v) is 13.8. The monoisotopic (exact) mass is 328 g/mol. The summed E-state index contributed by atoms with van der Waals surface area (Å²) in [6.45, 7) is 1.41. The zero-order valence-electron chi connectivity index (χ0n) is 13.8. The second-order valence-corrected chi connectivity index (χ2v) is 6.17. The number of hydrogen-bond acceptors (Lipinski definition) is 5. The summed E-state index contributed by atoms with van der Waals surface area (Å²) >= 11 is 0. The molecule has 1 aliphatic carbocycles. The quantitative estimate of drug-likeness (QED) is 0.623. The molecule has 0 atom stereocenters. The molecule has 7 nitrogen and oxygen atoms in total. The van der Waals surface area contributed by atoms with Gasteiger partial charge in [0.15, 0.2) is 0 Å². The minimum absolute atomic E-state index is 0.108. The predicted molar refractivity (Wildman–Crippen MR) is 91.0 cm³/mol. The zero-order chi connectivity index (χ0) is 16.6. The van der Waals surface area contributed by atoms with E-state index in [1.165, 1.54) is 49.5 Å². The van der Waals surface area contributed by atoms with Gasteiger partial charge >= 0.3 is 0 Å². The van der Waals surface area contributed by atoms with Crippen molar-refractivity contribution in [3.05, 3.63) is 36.2 Å². The maximum absolute atomic E-state index is 12.4. The van der Waals surface area contributed by atoms with E-state index >= 15 is 0 Å². The first-order valence-corrected chi connectivity index (χ1v) is 8.68. The molecule has 1 heterocycles. The summed E-state index contributed by atoms with van der Waals surface area (Å²) < 4.78 is 1.50. The Labute approximate surface area is 141 Å². The Hall–Kier alpha value is -2.28. The van der Waals surface area contributed by atoms with E-state index in [-0.39, 0.29) is 5.91 Å². The molecule has 1 saturated carbocycles. The molecule has 0 aliphatic heterocycles. The highest BCUT2D eigenvalue weighted by molar-refractivity contribution is 5.97. The van der Waals surface area contributed by atoms with E-state index in [2.05, 4.69) is 26.2 Å². The fraction of sp³-hybridized carbons (Fsp3) is 0.529. The van der Waals surface area contributed by atoms with Crippen molar-refractivity contribution < 1.29 is 4.79 Å². The van der Waals surface area contributed by atoms with Crippen LogP contribution in [0.2, 0.25) is 0 Å². The van der Waals surface area contributed by atoms with Gasteiger partial charge in [0.05, 0.1) is 11.3 Å². The number of benzene rings is 1. The molecule has 0 saturated heterocycles. The molecule has 3 rings (SSSR count). The van der Waals surface area contributed by atoms with Crippen LogP contribution < -0.4 is 10.6 Å². The van der Waals surface area contributed by atoms with Crippen LogP contribution in [0.15, 0.2) is 30.6 Å². The van der Waals surface area contributed by atoms with Crippen LogP contribution in [-0.4, -0.2) is 45.2 Å². The van der Waals surface area contributed by atoms with E-state index in [4.69, 9.17) is 0 Å². The highest BCUT2D eigenvalue weighted by Gasteiger charge is 2.14. The van der Waals surface area contributed by atoms with Gasteiger partial charge in [0, 0.05) is 19.1 Å². The Morgan fingerprint density at radius 3 is 2.67 bits per heavy atom. The average molecular weight is 328 g/mol. The number of carbonyl (C=O) groups is 1. The van der Waals surface area contributed by atoms with Crippen LogP contribution in [0.3, 0.4) is 0 Å². The van der Waals surface area contributed by atoms with E-state index in [0.717, 1.165) is 6.54 Å². The summed E-state index contributed by atoms with van der Waals surface area (Å²) in [6, 6.07) is 7.91. The van der Waals surface area contributed by atoms with E-state index in [1.54, 1.807) is 6.07 Å². The van der Waals surface area contributed by atoms with E-state index in [0.29, 0.717) is 23.8 Å². The fourth-order valence-electron chi connectivity index (χ4n) is 3.17. The van der Waals surface area contributed by atoms with Crippen LogP contribution in [0.25, 0.3) is 5.69 Å². The standard InChI is InChI=1S/C17H24N6O/c24-17(19-12-11-18-14-7-3-1-2-4-8-14)15-9-5-6-10-16(15)23-13-20-21-22-23/h5-6,9-10,13-14,18H,1-4,7-8,11-12H2,(H,19,24). The van der Waals surface area contributed by atoms with Gasteiger partial charge < -0.3 is 10.6 Å². The number of para-hydroxylation sites is 1. The van der Waals surface area contributed by atoms with Crippen LogP contribution in [-0.2, 0) is 0 Å². The molecule has 1 aromatic heterocycles. The predicted octanol–water partition coefficient (Wildman–Crippen LogP) is 1.70. The van der Waals surface area contributed by atoms with Gasteiger partial charge in [-0.2, -0.15) is 4.68 Å². The van der Waals surface area contributed by atoms with Crippen molar-refractivity contribution in [2.75, 3.05) is 13.1 Å². The van der Waals surface area contributed by atoms with Crippen molar-refractivity contribution >= 4 is 5.91 Å². The minimum atomic E-state index is -0.108. The maximum atomic E-state index is 12.4. The van der Waals surface area contributed by atoms with Crippen LogP contribution in [0, 0.1) is 0 Å². The third kappa shape index (κ3) is 4.38. The summed E-state index contributed by atoms with van der Waals surface area (Å²) in [5.41, 5.74) is 1.25. The number of nitrogens with zero attached hydrogens (tertiary/aromatic N) is 4. The molecule has 0 radical (unpaired) electrons. The smallest absolute Gasteiger partial charge is 0.253 e. The minimum Gasteiger partial charge on any atom is -0.351 e. The molecular formula is C17H24N6O. The van der Waals surface area contributed by atoms with Crippen LogP contribution >= 0.6 is 0 Å². The summed E-state index contributed by atoms with van der Waals surface area (Å²) in [5, 5.41) is 17.6. The third-order valence-electron chi connectivity index (χ3n) is 4.44. The first kappa shape index (κ1) is 16.6. The van der Waals surface area contributed by atoms with Gasteiger partial charge in [-0.1, -0.05) is 37.8 Å². The third-order valence-corrected chi connectivity index (χ3v) is 4.44. The van der Waals surface area contributed by atoms with Crippen LogP contribution in [0.1, 0.15) is 48.9 Å². The Morgan fingerprint density at radius 2 is 1.92 bits per heavy atom. The molecule has 0 spiro atoms. The molecule has 24 heavy (non-hydrogen) atoms. The van der Waals surface area contributed by atoms with Crippen molar-refractivity contribution in [1.29, 1.82) is 0 Å². The molecule has 1 aromatic carbocycles. The van der Waals surface area contributed by atoms with E-state index in [9.17, 15) is 4.79 Å². The van der Waals surface area contributed by atoms with Crippen molar-refractivity contribution in [2.24, 2.45) is 0 Å². The Kier molecular flexibility index (Phi) is 5.90. The highest BCUT2D eigenvalue weighted by Crippen LogP contribution is 2.17. The number of rotatable bonds is 6. The molecule has 128 valence electrons. The normalized spacial score (nSPS) is 15.8. The summed E-state index contributed by atoms with van der Waals surface area (Å²) in [5.74, 6) is -0.108. The highest BCUT2D eigenvalue weighted by atomic mass is 16.1. The lowest BCUT2D eigenvalue weighted by Crippen LogP contribution is -2.37. The number of nitrogens with one attached hydrogen (secondary N) is 2. The topological polar surface area (TPSA) is 84.7 Å². The number of aromatic nitrogens is 4. The van der Waals surface area contributed by atoms with Gasteiger partial charge in [0.2, 0.25) is 0 Å². The second kappa shape index (κ2) is 8.54. The van der Waals surface area contributed by atoms with Gasteiger partial charge in [-0.3, -0.25) is 4.79 Å². The summed E-state index contributed by atoms with van der Waals surface area (Å²) in [6.07, 6.45) is 9.30. The average Bonchev–Trinajstić information content (AvgIpc) is 3.03. The Morgan fingerprint density at radius 1 is 1.12 bits per heavy atom. The van der Waals surface area contributed by atoms with Crippen molar-refractivity contribution in [2.45, 2.75) is 44.6 Å². The van der Waals surface area contributed by atoms with Crippen molar-refractivity contribution in [3.8, 4) is 5.69 Å². The molecular weight excluding hydrogens is 304 g/mol. The van der Waals surface area contributed by atoms with E-state index in [1.807, 2.05) is 18.2 Å². The fourth-order valence-corrected chi connectivity index (χ4v) is 3.17. The van der Waals surface area contributed by atoms with Gasteiger partial charge in [0.25, 0.3) is 5.91 Å². The van der Waals surface area contributed by atoms with Gasteiger partial charge in [0.1, 0.15) is 6.33 Å². The van der Waals surface area contributed by atoms with Gasteiger partial charge in [-0.25, -0.2) is 0 Å². The van der Waals surface area contributed by atoms with Crippen molar-refractivity contribution in [1.82, 2.24) is 30.8 Å². The first-order chi connectivity index (χ1) is 11.8. The first-order valence-electron chi connectivity index (χ1n) is 8.68. The lowest BCUT2D eigenvalue weighted by molar-refractivity contribution is 0.0953. The number of tetrazole rings is 1. The maximum Gasteiger partial charge on any atom is 0.253 e. The molecule has 7 heteroatoms.